The molecule has 0 spiro atoms. The van der Waals surface area contributed by atoms with Crippen LogP contribution in [0, 0.1) is 0 Å². The van der Waals surface area contributed by atoms with Gasteiger partial charge in [0.25, 0.3) is 5.91 Å². The molecule has 0 saturated carbocycles. The highest BCUT2D eigenvalue weighted by atomic mass is 19.4. The number of fused-ring (bicyclic) bond motifs is 1. The fourth-order valence-electron chi connectivity index (χ4n) is 3.54. The maximum Gasteiger partial charge on any atom is 0.417 e. The number of carbonyl (C=O) groups excluding carboxylic acids is 1. The van der Waals surface area contributed by atoms with Crippen molar-refractivity contribution >= 4 is 16.8 Å². The zero-order chi connectivity index (χ0) is 22.9. The Morgan fingerprint density at radius 2 is 1.75 bits per heavy atom. The van der Waals surface area contributed by atoms with Gasteiger partial charge in [0.1, 0.15) is 23.7 Å². The molecule has 7 nitrogen and oxygen atoms in total. The molecule has 2 aromatic heterocycles. The number of hydrogen-bond acceptors (Lipinski definition) is 6. The summed E-state index contributed by atoms with van der Waals surface area (Å²) < 4.78 is 54.3. The van der Waals surface area contributed by atoms with Gasteiger partial charge < -0.3 is 19.1 Å². The van der Waals surface area contributed by atoms with Gasteiger partial charge in [-0.05, 0) is 30.3 Å². The Kier molecular flexibility index (Phi) is 5.98. The van der Waals surface area contributed by atoms with Crippen molar-refractivity contribution in [2.24, 2.45) is 0 Å². The van der Waals surface area contributed by atoms with Gasteiger partial charge in [-0.2, -0.15) is 13.2 Å². The van der Waals surface area contributed by atoms with Crippen molar-refractivity contribution in [1.82, 2.24) is 14.9 Å². The molecule has 3 heterocycles. The topological polar surface area (TPSA) is 73.8 Å². The molecule has 0 N–H and O–H groups in total. The van der Waals surface area contributed by atoms with Gasteiger partial charge >= 0.3 is 6.18 Å². The molecule has 1 aromatic carbocycles. The minimum Gasteiger partial charge on any atom is -0.439 e. The lowest BCUT2D eigenvalue weighted by molar-refractivity contribution is -0.137. The highest BCUT2D eigenvalue weighted by molar-refractivity contribution is 5.95. The summed E-state index contributed by atoms with van der Waals surface area (Å²) >= 11 is 0. The number of amides is 1. The van der Waals surface area contributed by atoms with Crippen LogP contribution in [0.5, 0.6) is 11.6 Å². The van der Waals surface area contributed by atoms with Crippen LogP contribution < -0.4 is 4.74 Å². The van der Waals surface area contributed by atoms with Gasteiger partial charge in [0.2, 0.25) is 5.88 Å². The highest BCUT2D eigenvalue weighted by Gasteiger charge is 2.36. The normalized spacial score (nSPS) is 18.8. The smallest absolute Gasteiger partial charge is 0.417 e. The predicted molar refractivity (Wildman–Crippen MR) is 109 cm³/mol. The van der Waals surface area contributed by atoms with E-state index < -0.39 is 11.7 Å². The number of nitrogens with zero attached hydrogens (tertiary/aromatic N) is 3. The van der Waals surface area contributed by atoms with Crippen LogP contribution in [0.2, 0.25) is 0 Å². The van der Waals surface area contributed by atoms with Crippen molar-refractivity contribution in [3.05, 3.63) is 59.9 Å². The Bertz CT molecular complexity index is 1110. The zero-order valence-electron chi connectivity index (χ0n) is 17.3. The summed E-state index contributed by atoms with van der Waals surface area (Å²) in [6, 6.07) is 10.4. The average Bonchev–Trinajstić information content (AvgIpc) is 3.21. The third-order valence-corrected chi connectivity index (χ3v) is 5.27. The maximum atomic E-state index is 12.9. The minimum absolute atomic E-state index is 0.0338. The van der Waals surface area contributed by atoms with E-state index in [9.17, 15) is 18.0 Å². The number of hydrogen-bond donors (Lipinski definition) is 0. The van der Waals surface area contributed by atoms with E-state index in [1.165, 1.54) is 0 Å². The molecule has 0 aliphatic carbocycles. The van der Waals surface area contributed by atoms with Gasteiger partial charge in [-0.1, -0.05) is 6.07 Å². The third kappa shape index (κ3) is 4.51. The van der Waals surface area contributed by atoms with Crippen molar-refractivity contribution in [3.8, 4) is 11.6 Å². The summed E-state index contributed by atoms with van der Waals surface area (Å²) in [5.74, 6) is 0.199. The number of alkyl halides is 3. The van der Waals surface area contributed by atoms with Crippen LogP contribution in [0.4, 0.5) is 13.2 Å². The van der Waals surface area contributed by atoms with E-state index >= 15 is 0 Å². The Morgan fingerprint density at radius 1 is 1.03 bits per heavy atom. The first-order valence-corrected chi connectivity index (χ1v) is 9.75. The number of benzene rings is 1. The Labute approximate surface area is 181 Å². The van der Waals surface area contributed by atoms with Gasteiger partial charge in [0.15, 0.2) is 0 Å². The van der Waals surface area contributed by atoms with E-state index in [0.717, 1.165) is 18.3 Å². The lowest BCUT2D eigenvalue weighted by Gasteiger charge is -2.15. The molecule has 4 rings (SSSR count). The van der Waals surface area contributed by atoms with Crippen molar-refractivity contribution in [3.63, 3.8) is 0 Å². The van der Waals surface area contributed by atoms with Crippen molar-refractivity contribution in [2.45, 2.75) is 18.4 Å². The molecule has 1 saturated heterocycles. The molecular weight excluding hydrogens is 427 g/mol. The molecule has 1 aliphatic rings. The molecule has 0 bridgehead atoms. The van der Waals surface area contributed by atoms with Gasteiger partial charge in [0, 0.05) is 45.0 Å². The van der Waals surface area contributed by atoms with E-state index in [1.807, 2.05) is 0 Å². The van der Waals surface area contributed by atoms with E-state index in [-0.39, 0.29) is 24.0 Å². The van der Waals surface area contributed by atoms with Crippen LogP contribution in [0.1, 0.15) is 16.1 Å². The molecule has 0 radical (unpaired) electrons. The standard InChI is InChI=1S/C22H20F3N3O4/c1-30-18-11-28(12-19(18)31-2)21(29)17-6-3-13-9-15(5-7-16(13)27-17)32-20-8-4-14(10-26-20)22(23,24)25/h3-10,18-19H,11-12H2,1-2H3. The molecule has 1 aliphatic heterocycles. The second-order valence-electron chi connectivity index (χ2n) is 7.29. The third-order valence-electron chi connectivity index (χ3n) is 5.27. The fraction of sp³-hybridized carbons (Fsp3) is 0.318. The van der Waals surface area contributed by atoms with Crippen LogP contribution >= 0.6 is 0 Å². The Balaban J connectivity index is 1.49. The summed E-state index contributed by atoms with van der Waals surface area (Å²) in [5.41, 5.74) is 0.0212. The number of rotatable bonds is 5. The number of methoxy groups -OCH3 is 2. The highest BCUT2D eigenvalue weighted by Crippen LogP contribution is 2.30. The zero-order valence-corrected chi connectivity index (χ0v) is 17.3. The maximum absolute atomic E-state index is 12.9. The Hall–Kier alpha value is -3.24. The molecule has 32 heavy (non-hydrogen) atoms. The van der Waals surface area contributed by atoms with Gasteiger partial charge in [0.05, 0.1) is 11.1 Å². The van der Waals surface area contributed by atoms with Crippen LogP contribution in [0.3, 0.4) is 0 Å². The summed E-state index contributed by atoms with van der Waals surface area (Å²) in [6.45, 7) is 0.834. The molecule has 3 aromatic rings. The second kappa shape index (κ2) is 8.71. The van der Waals surface area contributed by atoms with Gasteiger partial charge in [-0.25, -0.2) is 9.97 Å². The Morgan fingerprint density at radius 3 is 2.34 bits per heavy atom. The van der Waals surface area contributed by atoms with Crippen LogP contribution in [-0.2, 0) is 15.7 Å². The predicted octanol–water partition coefficient (Wildman–Crippen LogP) is 3.93. The average molecular weight is 447 g/mol. The van der Waals surface area contributed by atoms with Crippen molar-refractivity contribution in [1.29, 1.82) is 0 Å². The summed E-state index contributed by atoms with van der Waals surface area (Å²) in [5, 5.41) is 0.705. The van der Waals surface area contributed by atoms with E-state index in [1.54, 1.807) is 49.5 Å². The lowest BCUT2D eigenvalue weighted by atomic mass is 10.2. The number of pyridine rings is 2. The summed E-state index contributed by atoms with van der Waals surface area (Å²) in [4.78, 5) is 22.6. The molecular formula is C22H20F3N3O4. The monoisotopic (exact) mass is 447 g/mol. The van der Waals surface area contributed by atoms with E-state index in [2.05, 4.69) is 9.97 Å². The molecule has 10 heteroatoms. The molecule has 1 fully saturated rings. The van der Waals surface area contributed by atoms with Crippen LogP contribution in [-0.4, -0.2) is 60.3 Å². The van der Waals surface area contributed by atoms with Crippen LogP contribution in [0.25, 0.3) is 10.9 Å². The largest absolute Gasteiger partial charge is 0.439 e. The first-order chi connectivity index (χ1) is 15.3. The number of ether oxygens (including phenoxy) is 3. The van der Waals surface area contributed by atoms with Gasteiger partial charge in [-0.15, -0.1) is 0 Å². The van der Waals surface area contributed by atoms with E-state index in [4.69, 9.17) is 14.2 Å². The summed E-state index contributed by atoms with van der Waals surface area (Å²) in [7, 11) is 3.16. The number of likely N-dealkylation sites (tertiary alicyclic amines) is 1. The van der Waals surface area contributed by atoms with Crippen molar-refractivity contribution in [2.75, 3.05) is 27.3 Å². The summed E-state index contributed by atoms with van der Waals surface area (Å²) in [6.07, 6.45) is -4.12. The minimum atomic E-state index is -4.46. The lowest BCUT2D eigenvalue weighted by Crippen LogP contribution is -2.30. The fourth-order valence-corrected chi connectivity index (χ4v) is 3.54. The molecule has 1 amide bonds. The molecule has 2 atom stereocenters. The first kappa shape index (κ1) is 22.0. The molecule has 2 unspecified atom stereocenters. The quantitative estimate of drug-likeness (QED) is 0.590. The SMILES string of the molecule is COC1CN(C(=O)c2ccc3cc(Oc4ccc(C(F)(F)F)cn4)ccc3n2)CC1OC. The second-order valence-corrected chi connectivity index (χ2v) is 7.29. The van der Waals surface area contributed by atoms with E-state index in [0.29, 0.717) is 35.4 Å². The first-order valence-electron chi connectivity index (χ1n) is 9.75. The number of aromatic nitrogens is 2. The number of carbonyl (C=O) groups is 1. The van der Waals surface area contributed by atoms with Crippen molar-refractivity contribution < 1.29 is 32.2 Å². The van der Waals surface area contributed by atoms with Gasteiger partial charge in [-0.3, -0.25) is 4.79 Å². The molecule has 168 valence electrons. The van der Waals surface area contributed by atoms with Crippen LogP contribution in [0.15, 0.2) is 48.7 Å². The number of halogens is 3.